The molecule has 0 spiro atoms. The van der Waals surface area contributed by atoms with E-state index in [2.05, 4.69) is 25.3 Å². The number of rotatable bonds is 2. The zero-order valence-corrected chi connectivity index (χ0v) is 12.3. The average Bonchev–Trinajstić information content (AvgIpc) is 2.90. The van der Waals surface area contributed by atoms with E-state index in [-0.39, 0.29) is 11.1 Å². The summed E-state index contributed by atoms with van der Waals surface area (Å²) in [6.07, 6.45) is 1.45. The molecule has 3 rings (SSSR count). The van der Waals surface area contributed by atoms with E-state index in [0.717, 1.165) is 5.56 Å². The first-order chi connectivity index (χ1) is 10.1. The van der Waals surface area contributed by atoms with Gasteiger partial charge in [0.25, 0.3) is 5.91 Å². The first-order valence-corrected chi connectivity index (χ1v) is 6.75. The Balaban J connectivity index is 1.94. The van der Waals surface area contributed by atoms with Gasteiger partial charge in [0.15, 0.2) is 10.8 Å². The predicted octanol–water partition coefficient (Wildman–Crippen LogP) is 3.22. The molecule has 106 valence electrons. The van der Waals surface area contributed by atoms with E-state index in [9.17, 15) is 4.79 Å². The van der Waals surface area contributed by atoms with Crippen LogP contribution in [0.1, 0.15) is 15.9 Å². The number of aromatic nitrogens is 4. The summed E-state index contributed by atoms with van der Waals surface area (Å²) in [6, 6.07) is 5.20. The van der Waals surface area contributed by atoms with Gasteiger partial charge in [0, 0.05) is 0 Å². The molecular formula is C13H9Cl2N5O. The maximum absolute atomic E-state index is 12.2. The third-order valence-electron chi connectivity index (χ3n) is 2.90. The van der Waals surface area contributed by atoms with Crippen LogP contribution in [0.25, 0.3) is 11.2 Å². The van der Waals surface area contributed by atoms with Crippen LogP contribution < -0.4 is 5.32 Å². The van der Waals surface area contributed by atoms with Crippen molar-refractivity contribution in [2.75, 3.05) is 5.32 Å². The highest BCUT2D eigenvalue weighted by Crippen LogP contribution is 2.22. The normalized spacial score (nSPS) is 10.8. The molecule has 2 N–H and O–H groups in total. The average molecular weight is 322 g/mol. The van der Waals surface area contributed by atoms with E-state index in [0.29, 0.717) is 21.7 Å². The molecule has 2 heterocycles. The lowest BCUT2D eigenvalue weighted by Gasteiger charge is -2.07. The minimum atomic E-state index is -0.408. The fourth-order valence-corrected chi connectivity index (χ4v) is 2.28. The topological polar surface area (TPSA) is 83.6 Å². The molecule has 0 saturated carbocycles. The van der Waals surface area contributed by atoms with Crippen LogP contribution in [0.15, 0.2) is 24.5 Å². The van der Waals surface area contributed by atoms with Gasteiger partial charge >= 0.3 is 0 Å². The van der Waals surface area contributed by atoms with Crippen molar-refractivity contribution in [3.63, 3.8) is 0 Å². The number of aryl methyl sites for hydroxylation is 1. The van der Waals surface area contributed by atoms with Crippen molar-refractivity contribution in [3.8, 4) is 0 Å². The van der Waals surface area contributed by atoms with E-state index in [4.69, 9.17) is 23.2 Å². The van der Waals surface area contributed by atoms with E-state index in [1.165, 1.54) is 6.33 Å². The summed E-state index contributed by atoms with van der Waals surface area (Å²) >= 11 is 12.1. The second-order valence-corrected chi connectivity index (χ2v) is 5.07. The van der Waals surface area contributed by atoms with Gasteiger partial charge in [0.1, 0.15) is 5.52 Å². The maximum atomic E-state index is 12.2. The zero-order chi connectivity index (χ0) is 15.0. The number of aromatic amines is 1. The molecule has 0 bridgehead atoms. The lowest BCUT2D eigenvalue weighted by molar-refractivity contribution is 0.102. The van der Waals surface area contributed by atoms with Crippen LogP contribution in [0.5, 0.6) is 0 Å². The summed E-state index contributed by atoms with van der Waals surface area (Å²) in [6.45, 7) is 1.82. The van der Waals surface area contributed by atoms with Gasteiger partial charge in [0.05, 0.1) is 16.9 Å². The summed E-state index contributed by atoms with van der Waals surface area (Å²) in [5.41, 5.74) is 2.05. The van der Waals surface area contributed by atoms with Crippen LogP contribution in [0.3, 0.4) is 0 Å². The molecule has 0 fully saturated rings. The second kappa shape index (κ2) is 5.31. The van der Waals surface area contributed by atoms with Gasteiger partial charge in [-0.05, 0) is 18.6 Å². The van der Waals surface area contributed by atoms with Crippen LogP contribution in [-0.2, 0) is 0 Å². The highest BCUT2D eigenvalue weighted by Gasteiger charge is 2.15. The van der Waals surface area contributed by atoms with Crippen molar-refractivity contribution < 1.29 is 4.79 Å². The number of H-pyrrole nitrogens is 1. The molecular weight excluding hydrogens is 313 g/mol. The summed E-state index contributed by atoms with van der Waals surface area (Å²) in [5.74, 6) is -0.336. The highest BCUT2D eigenvalue weighted by molar-refractivity contribution is 6.35. The van der Waals surface area contributed by atoms with E-state index in [1.54, 1.807) is 12.1 Å². The van der Waals surface area contributed by atoms with Crippen molar-refractivity contribution in [1.82, 2.24) is 19.9 Å². The number of imidazole rings is 1. The first kappa shape index (κ1) is 13.8. The third kappa shape index (κ3) is 2.55. The van der Waals surface area contributed by atoms with Crippen LogP contribution in [0.4, 0.5) is 5.95 Å². The van der Waals surface area contributed by atoms with Crippen molar-refractivity contribution in [2.45, 2.75) is 6.92 Å². The molecule has 0 aliphatic heterocycles. The Hall–Kier alpha value is -2.18. The number of carbonyl (C=O) groups excluding carboxylic acids is 1. The molecule has 8 heteroatoms. The molecule has 1 amide bonds. The monoisotopic (exact) mass is 321 g/mol. The number of anilines is 1. The lowest BCUT2D eigenvalue weighted by Crippen LogP contribution is -2.15. The third-order valence-corrected chi connectivity index (χ3v) is 3.68. The highest BCUT2D eigenvalue weighted by atomic mass is 35.5. The van der Waals surface area contributed by atoms with Crippen LogP contribution in [0.2, 0.25) is 10.2 Å². The second-order valence-electron chi connectivity index (χ2n) is 4.33. The Labute approximate surface area is 129 Å². The molecule has 2 aromatic heterocycles. The van der Waals surface area contributed by atoms with Gasteiger partial charge < -0.3 is 4.98 Å². The number of benzene rings is 1. The van der Waals surface area contributed by atoms with Crippen LogP contribution in [-0.4, -0.2) is 25.8 Å². The number of nitrogens with one attached hydrogen (secondary N) is 2. The maximum Gasteiger partial charge on any atom is 0.259 e. The summed E-state index contributed by atoms with van der Waals surface area (Å²) < 4.78 is 0. The summed E-state index contributed by atoms with van der Waals surface area (Å²) in [5, 5.41) is 3.14. The fourth-order valence-electron chi connectivity index (χ4n) is 1.85. The van der Waals surface area contributed by atoms with Gasteiger partial charge in [-0.1, -0.05) is 35.3 Å². The van der Waals surface area contributed by atoms with Gasteiger partial charge in [0.2, 0.25) is 5.95 Å². The molecule has 1 aromatic carbocycles. The van der Waals surface area contributed by atoms with Crippen LogP contribution in [0, 0.1) is 6.92 Å². The molecule has 0 atom stereocenters. The SMILES string of the molecule is Cc1cccc(C(=O)Nc2nc(Cl)c3[nH]cnc3n2)c1Cl. The molecule has 0 saturated heterocycles. The lowest BCUT2D eigenvalue weighted by atomic mass is 10.1. The summed E-state index contributed by atoms with van der Waals surface area (Å²) in [7, 11) is 0. The number of hydrogen-bond donors (Lipinski definition) is 2. The fraction of sp³-hybridized carbons (Fsp3) is 0.0769. The number of fused-ring (bicyclic) bond motifs is 1. The standard InChI is InChI=1S/C13H9Cl2N5O/c1-6-3-2-4-7(8(6)14)12(21)20-13-18-10(15)9-11(19-13)17-5-16-9/h2-5H,1H3,(H2,16,17,18,19,20,21). The summed E-state index contributed by atoms with van der Waals surface area (Å²) in [4.78, 5) is 27.1. The Morgan fingerprint density at radius 3 is 2.90 bits per heavy atom. The van der Waals surface area contributed by atoms with E-state index >= 15 is 0 Å². The quantitative estimate of drug-likeness (QED) is 0.710. The smallest absolute Gasteiger partial charge is 0.259 e. The zero-order valence-electron chi connectivity index (χ0n) is 10.8. The Bertz CT molecular complexity index is 846. The number of amides is 1. The Morgan fingerprint density at radius 1 is 1.29 bits per heavy atom. The van der Waals surface area contributed by atoms with E-state index in [1.807, 2.05) is 13.0 Å². The number of nitrogens with zero attached hydrogens (tertiary/aromatic N) is 3. The minimum absolute atomic E-state index is 0.0715. The molecule has 0 aliphatic carbocycles. The number of carbonyl (C=O) groups is 1. The molecule has 6 nitrogen and oxygen atoms in total. The van der Waals surface area contributed by atoms with Crippen molar-refractivity contribution >= 4 is 46.2 Å². The van der Waals surface area contributed by atoms with Gasteiger partial charge in [-0.25, -0.2) is 4.98 Å². The molecule has 0 unspecified atom stereocenters. The Morgan fingerprint density at radius 2 is 2.10 bits per heavy atom. The predicted molar refractivity (Wildman–Crippen MR) is 80.8 cm³/mol. The van der Waals surface area contributed by atoms with Gasteiger partial charge in [-0.2, -0.15) is 9.97 Å². The Kier molecular flexibility index (Phi) is 3.48. The van der Waals surface area contributed by atoms with E-state index < -0.39 is 5.91 Å². The van der Waals surface area contributed by atoms with Crippen LogP contribution >= 0.6 is 23.2 Å². The number of halogens is 2. The molecule has 21 heavy (non-hydrogen) atoms. The molecule has 0 aliphatic rings. The molecule has 3 aromatic rings. The van der Waals surface area contributed by atoms with Crippen molar-refractivity contribution in [3.05, 3.63) is 45.8 Å². The number of hydrogen-bond acceptors (Lipinski definition) is 4. The van der Waals surface area contributed by atoms with Gasteiger partial charge in [-0.3, -0.25) is 10.1 Å². The van der Waals surface area contributed by atoms with Crippen molar-refractivity contribution in [1.29, 1.82) is 0 Å². The minimum Gasteiger partial charge on any atom is -0.341 e. The molecule has 0 radical (unpaired) electrons. The first-order valence-electron chi connectivity index (χ1n) is 5.99. The van der Waals surface area contributed by atoms with Gasteiger partial charge in [-0.15, -0.1) is 0 Å². The van der Waals surface area contributed by atoms with Crippen molar-refractivity contribution in [2.24, 2.45) is 0 Å². The largest absolute Gasteiger partial charge is 0.341 e.